The van der Waals surface area contributed by atoms with Crippen molar-refractivity contribution in [2.75, 3.05) is 0 Å². The van der Waals surface area contributed by atoms with Crippen molar-refractivity contribution in [1.82, 2.24) is 0 Å². The summed E-state index contributed by atoms with van der Waals surface area (Å²) in [6, 6.07) is 3.15. The lowest BCUT2D eigenvalue weighted by molar-refractivity contribution is 0.483. The van der Waals surface area contributed by atoms with Gasteiger partial charge in [0.05, 0.1) is 4.90 Å². The van der Waals surface area contributed by atoms with Crippen molar-refractivity contribution >= 4 is 10.1 Å². The van der Waals surface area contributed by atoms with Crippen LogP contribution in [0, 0.1) is 13.8 Å². The SMILES string of the molecule is CCCCCCCCCCCCc1c(C)cc(S(=O)(=O)O)cc1C. The predicted octanol–water partition coefficient (Wildman–Crippen LogP) is 6.01. The summed E-state index contributed by atoms with van der Waals surface area (Å²) in [7, 11) is -4.11. The van der Waals surface area contributed by atoms with E-state index in [9.17, 15) is 8.42 Å². The van der Waals surface area contributed by atoms with Gasteiger partial charge in [0.15, 0.2) is 0 Å². The first-order valence-electron chi connectivity index (χ1n) is 9.44. The number of unbranched alkanes of at least 4 members (excludes halogenated alkanes) is 9. The first kappa shape index (κ1) is 21.2. The van der Waals surface area contributed by atoms with E-state index in [1.165, 1.54) is 63.4 Å². The van der Waals surface area contributed by atoms with E-state index in [2.05, 4.69) is 6.92 Å². The van der Waals surface area contributed by atoms with E-state index in [4.69, 9.17) is 4.55 Å². The molecule has 0 fully saturated rings. The smallest absolute Gasteiger partial charge is 0.282 e. The molecule has 1 N–H and O–H groups in total. The van der Waals surface area contributed by atoms with E-state index in [1.54, 1.807) is 12.1 Å². The van der Waals surface area contributed by atoms with Gasteiger partial charge in [0.1, 0.15) is 0 Å². The normalized spacial score (nSPS) is 11.8. The third-order valence-corrected chi connectivity index (χ3v) is 5.58. The highest BCUT2D eigenvalue weighted by Gasteiger charge is 2.13. The maximum Gasteiger partial charge on any atom is 0.294 e. The summed E-state index contributed by atoms with van der Waals surface area (Å²) < 4.78 is 31.7. The van der Waals surface area contributed by atoms with Crippen molar-refractivity contribution in [3.05, 3.63) is 28.8 Å². The van der Waals surface area contributed by atoms with Crippen LogP contribution in [-0.4, -0.2) is 13.0 Å². The maximum absolute atomic E-state index is 11.2. The molecule has 24 heavy (non-hydrogen) atoms. The Hall–Kier alpha value is -0.870. The molecule has 0 spiro atoms. The number of aryl methyl sites for hydroxylation is 2. The van der Waals surface area contributed by atoms with Crippen LogP contribution in [0.2, 0.25) is 0 Å². The fourth-order valence-electron chi connectivity index (χ4n) is 3.29. The van der Waals surface area contributed by atoms with E-state index < -0.39 is 10.1 Å². The van der Waals surface area contributed by atoms with Gasteiger partial charge in [-0.25, -0.2) is 0 Å². The Balaban J connectivity index is 2.29. The van der Waals surface area contributed by atoms with Crippen molar-refractivity contribution in [3.8, 4) is 0 Å². The monoisotopic (exact) mass is 354 g/mol. The highest BCUT2D eigenvalue weighted by molar-refractivity contribution is 7.85. The van der Waals surface area contributed by atoms with Crippen molar-refractivity contribution in [1.29, 1.82) is 0 Å². The van der Waals surface area contributed by atoms with Gasteiger partial charge in [0.2, 0.25) is 0 Å². The van der Waals surface area contributed by atoms with E-state index >= 15 is 0 Å². The zero-order valence-corrected chi connectivity index (χ0v) is 16.4. The van der Waals surface area contributed by atoms with Crippen LogP contribution in [-0.2, 0) is 16.5 Å². The number of benzene rings is 1. The summed E-state index contributed by atoms with van der Waals surface area (Å²) in [4.78, 5) is 0.00400. The second kappa shape index (κ2) is 10.9. The third kappa shape index (κ3) is 7.80. The van der Waals surface area contributed by atoms with Crippen LogP contribution >= 0.6 is 0 Å². The first-order valence-corrected chi connectivity index (χ1v) is 10.9. The molecule has 0 amide bonds. The number of rotatable bonds is 12. The second-order valence-electron chi connectivity index (χ2n) is 6.94. The van der Waals surface area contributed by atoms with Gasteiger partial charge in [-0.3, -0.25) is 4.55 Å². The van der Waals surface area contributed by atoms with Gasteiger partial charge < -0.3 is 0 Å². The second-order valence-corrected chi connectivity index (χ2v) is 8.36. The molecule has 0 aliphatic heterocycles. The Bertz CT molecular complexity index is 568. The Labute approximate surface area is 148 Å². The minimum Gasteiger partial charge on any atom is -0.282 e. The van der Waals surface area contributed by atoms with Gasteiger partial charge in [-0.2, -0.15) is 8.42 Å². The molecule has 0 aliphatic carbocycles. The minimum atomic E-state index is -4.11. The van der Waals surface area contributed by atoms with Gasteiger partial charge in [0.25, 0.3) is 10.1 Å². The fraction of sp³-hybridized carbons (Fsp3) is 0.700. The lowest BCUT2D eigenvalue weighted by Crippen LogP contribution is -2.02. The summed E-state index contributed by atoms with van der Waals surface area (Å²) >= 11 is 0. The summed E-state index contributed by atoms with van der Waals surface area (Å²) in [5.74, 6) is 0. The minimum absolute atomic E-state index is 0.00400. The van der Waals surface area contributed by atoms with Gasteiger partial charge in [0, 0.05) is 0 Å². The van der Waals surface area contributed by atoms with Crippen molar-refractivity contribution in [2.24, 2.45) is 0 Å². The average molecular weight is 355 g/mol. The largest absolute Gasteiger partial charge is 0.294 e. The molecule has 0 unspecified atom stereocenters. The Kier molecular flexibility index (Phi) is 9.60. The zero-order valence-electron chi connectivity index (χ0n) is 15.6. The van der Waals surface area contributed by atoms with Crippen LogP contribution in [0.15, 0.2) is 17.0 Å². The molecule has 0 saturated carbocycles. The molecular weight excluding hydrogens is 320 g/mol. The number of hydrogen-bond acceptors (Lipinski definition) is 2. The van der Waals surface area contributed by atoms with Gasteiger partial charge in [-0.15, -0.1) is 0 Å². The molecule has 138 valence electrons. The van der Waals surface area contributed by atoms with Crippen molar-refractivity contribution in [3.63, 3.8) is 0 Å². The van der Waals surface area contributed by atoms with Crippen LogP contribution in [0.4, 0.5) is 0 Å². The lowest BCUT2D eigenvalue weighted by Gasteiger charge is -2.11. The molecule has 0 aliphatic rings. The van der Waals surface area contributed by atoms with Gasteiger partial charge in [-0.05, 0) is 55.5 Å². The summed E-state index contributed by atoms with van der Waals surface area (Å²) in [5, 5.41) is 0. The zero-order chi connectivity index (χ0) is 18.0. The molecule has 0 saturated heterocycles. The highest BCUT2D eigenvalue weighted by atomic mass is 32.2. The molecule has 0 aromatic heterocycles. The summed E-state index contributed by atoms with van der Waals surface area (Å²) in [6.07, 6.45) is 14.1. The van der Waals surface area contributed by atoms with Crippen LogP contribution in [0.1, 0.15) is 87.8 Å². The molecule has 0 radical (unpaired) electrons. The van der Waals surface area contributed by atoms with Gasteiger partial charge in [-0.1, -0.05) is 64.7 Å². The van der Waals surface area contributed by atoms with Gasteiger partial charge >= 0.3 is 0 Å². The third-order valence-electron chi connectivity index (χ3n) is 4.75. The lowest BCUT2D eigenvalue weighted by atomic mass is 9.97. The molecule has 0 heterocycles. The molecule has 1 rings (SSSR count). The van der Waals surface area contributed by atoms with E-state index in [0.717, 1.165) is 24.0 Å². The average Bonchev–Trinajstić information content (AvgIpc) is 2.50. The van der Waals surface area contributed by atoms with Crippen LogP contribution < -0.4 is 0 Å². The molecular formula is C20H34O3S. The molecule has 3 nitrogen and oxygen atoms in total. The van der Waals surface area contributed by atoms with E-state index in [-0.39, 0.29) is 4.90 Å². The quantitative estimate of drug-likeness (QED) is 0.369. The summed E-state index contributed by atoms with van der Waals surface area (Å²) in [6.45, 7) is 6.10. The molecule has 0 atom stereocenters. The predicted molar refractivity (Wildman–Crippen MR) is 101 cm³/mol. The van der Waals surface area contributed by atoms with E-state index in [0.29, 0.717) is 0 Å². The van der Waals surface area contributed by atoms with Crippen LogP contribution in [0.3, 0.4) is 0 Å². The number of hydrogen-bond donors (Lipinski definition) is 1. The summed E-state index contributed by atoms with van der Waals surface area (Å²) in [5.41, 5.74) is 3.14. The Morgan fingerprint density at radius 2 is 1.21 bits per heavy atom. The van der Waals surface area contributed by atoms with Crippen LogP contribution in [0.25, 0.3) is 0 Å². The molecule has 1 aromatic rings. The molecule has 0 bridgehead atoms. The topological polar surface area (TPSA) is 54.4 Å². The van der Waals surface area contributed by atoms with E-state index in [1.807, 2.05) is 13.8 Å². The highest BCUT2D eigenvalue weighted by Crippen LogP contribution is 2.22. The first-order chi connectivity index (χ1) is 11.4. The molecule has 1 aromatic carbocycles. The van der Waals surface area contributed by atoms with Crippen molar-refractivity contribution < 1.29 is 13.0 Å². The van der Waals surface area contributed by atoms with Crippen LogP contribution in [0.5, 0.6) is 0 Å². The Morgan fingerprint density at radius 1 is 0.792 bits per heavy atom. The molecule has 4 heteroatoms. The maximum atomic E-state index is 11.2. The standard InChI is InChI=1S/C20H34O3S/c1-4-5-6-7-8-9-10-11-12-13-14-20-17(2)15-19(16-18(20)3)24(21,22)23/h15-16H,4-14H2,1-3H3,(H,21,22,23). The Morgan fingerprint density at radius 3 is 1.62 bits per heavy atom. The van der Waals surface area contributed by atoms with Crippen molar-refractivity contribution in [2.45, 2.75) is 96.3 Å². The fourth-order valence-corrected chi connectivity index (χ4v) is 3.94.